The highest BCUT2D eigenvalue weighted by Crippen LogP contribution is 2.12. The van der Waals surface area contributed by atoms with E-state index in [1.807, 2.05) is 42.2 Å². The number of aromatic nitrogens is 3. The molecule has 0 saturated heterocycles. The molecule has 96 valence electrons. The number of hydrogen-bond donors (Lipinski definition) is 1. The van der Waals surface area contributed by atoms with Gasteiger partial charge in [0.2, 0.25) is 5.88 Å². The van der Waals surface area contributed by atoms with Crippen molar-refractivity contribution in [3.05, 3.63) is 36.9 Å². The molecule has 0 radical (unpaired) electrons. The lowest BCUT2D eigenvalue weighted by Gasteiger charge is -2.15. The molecule has 5 nitrogen and oxygen atoms in total. The Labute approximate surface area is 107 Å². The standard InChI is InChI=1S/C13H18N4O/c1-3-18-13-6-4-5-12(16-13)15-11(2)9-17-8-7-14-10-17/h4-8,10-11H,3,9H2,1-2H3,(H,15,16). The van der Waals surface area contributed by atoms with Crippen LogP contribution in [-0.2, 0) is 6.54 Å². The van der Waals surface area contributed by atoms with Gasteiger partial charge in [-0.25, -0.2) is 4.98 Å². The van der Waals surface area contributed by atoms with Gasteiger partial charge in [-0.2, -0.15) is 4.98 Å². The lowest BCUT2D eigenvalue weighted by molar-refractivity contribution is 0.327. The molecule has 1 N–H and O–H groups in total. The molecular formula is C13H18N4O. The first-order chi connectivity index (χ1) is 8.78. The van der Waals surface area contributed by atoms with Crippen LogP contribution in [-0.4, -0.2) is 27.2 Å². The number of nitrogens with zero attached hydrogens (tertiary/aromatic N) is 3. The first-order valence-corrected chi connectivity index (χ1v) is 6.10. The highest BCUT2D eigenvalue weighted by molar-refractivity contribution is 5.37. The van der Waals surface area contributed by atoms with E-state index in [0.717, 1.165) is 12.4 Å². The van der Waals surface area contributed by atoms with Crippen LogP contribution in [0.25, 0.3) is 0 Å². The summed E-state index contributed by atoms with van der Waals surface area (Å²) in [6.45, 7) is 5.53. The van der Waals surface area contributed by atoms with Crippen molar-refractivity contribution in [1.29, 1.82) is 0 Å². The van der Waals surface area contributed by atoms with Gasteiger partial charge < -0.3 is 14.6 Å². The van der Waals surface area contributed by atoms with Crippen molar-refractivity contribution >= 4 is 5.82 Å². The van der Waals surface area contributed by atoms with Crippen LogP contribution in [0.15, 0.2) is 36.9 Å². The maximum absolute atomic E-state index is 5.37. The van der Waals surface area contributed by atoms with E-state index < -0.39 is 0 Å². The Morgan fingerprint density at radius 3 is 3.06 bits per heavy atom. The van der Waals surface area contributed by atoms with Crippen molar-refractivity contribution in [2.75, 3.05) is 11.9 Å². The van der Waals surface area contributed by atoms with E-state index in [-0.39, 0.29) is 6.04 Å². The topological polar surface area (TPSA) is 52.0 Å². The fourth-order valence-electron chi connectivity index (χ4n) is 1.73. The van der Waals surface area contributed by atoms with Gasteiger partial charge in [0.15, 0.2) is 0 Å². The highest BCUT2D eigenvalue weighted by atomic mass is 16.5. The zero-order chi connectivity index (χ0) is 12.8. The van der Waals surface area contributed by atoms with Crippen LogP contribution in [0.3, 0.4) is 0 Å². The van der Waals surface area contributed by atoms with Crippen LogP contribution in [0.2, 0.25) is 0 Å². The summed E-state index contributed by atoms with van der Waals surface area (Å²) < 4.78 is 7.40. The quantitative estimate of drug-likeness (QED) is 0.848. The highest BCUT2D eigenvalue weighted by Gasteiger charge is 2.04. The van der Waals surface area contributed by atoms with E-state index >= 15 is 0 Å². The average molecular weight is 246 g/mol. The van der Waals surface area contributed by atoms with Crippen molar-refractivity contribution in [3.8, 4) is 5.88 Å². The van der Waals surface area contributed by atoms with E-state index in [4.69, 9.17) is 4.74 Å². The Morgan fingerprint density at radius 2 is 2.33 bits per heavy atom. The van der Waals surface area contributed by atoms with E-state index in [1.54, 1.807) is 6.20 Å². The molecule has 0 aliphatic rings. The summed E-state index contributed by atoms with van der Waals surface area (Å²) in [5.74, 6) is 1.48. The van der Waals surface area contributed by atoms with Gasteiger partial charge >= 0.3 is 0 Å². The Bertz CT molecular complexity index is 470. The van der Waals surface area contributed by atoms with Gasteiger partial charge in [0, 0.05) is 31.0 Å². The summed E-state index contributed by atoms with van der Waals surface area (Å²) in [7, 11) is 0. The van der Waals surface area contributed by atoms with Crippen molar-refractivity contribution in [2.45, 2.75) is 26.4 Å². The lowest BCUT2D eigenvalue weighted by atomic mass is 10.3. The molecular weight excluding hydrogens is 228 g/mol. The SMILES string of the molecule is CCOc1cccc(NC(C)Cn2ccnc2)n1. The minimum Gasteiger partial charge on any atom is -0.478 e. The monoisotopic (exact) mass is 246 g/mol. The van der Waals surface area contributed by atoms with Crippen molar-refractivity contribution in [3.63, 3.8) is 0 Å². The Morgan fingerprint density at radius 1 is 1.44 bits per heavy atom. The lowest BCUT2D eigenvalue weighted by Crippen LogP contribution is -2.21. The molecule has 0 bridgehead atoms. The third-order valence-electron chi connectivity index (χ3n) is 2.45. The Balaban J connectivity index is 1.93. The van der Waals surface area contributed by atoms with E-state index in [0.29, 0.717) is 12.5 Å². The number of anilines is 1. The normalized spacial score (nSPS) is 12.1. The Kier molecular flexibility index (Phi) is 4.17. The molecule has 5 heteroatoms. The third-order valence-corrected chi connectivity index (χ3v) is 2.45. The molecule has 0 aromatic carbocycles. The van der Waals surface area contributed by atoms with Crippen LogP contribution in [0.5, 0.6) is 5.88 Å². The van der Waals surface area contributed by atoms with Gasteiger partial charge in [-0.3, -0.25) is 0 Å². The third kappa shape index (κ3) is 3.48. The summed E-state index contributed by atoms with van der Waals surface area (Å²) in [6.07, 6.45) is 5.53. The van der Waals surface area contributed by atoms with E-state index in [1.165, 1.54) is 0 Å². The number of nitrogens with one attached hydrogen (secondary N) is 1. The Hall–Kier alpha value is -2.04. The van der Waals surface area contributed by atoms with Crippen LogP contribution >= 0.6 is 0 Å². The molecule has 0 aliphatic carbocycles. The maximum Gasteiger partial charge on any atom is 0.215 e. The second-order valence-corrected chi connectivity index (χ2v) is 4.10. The van der Waals surface area contributed by atoms with Crippen LogP contribution in [0.1, 0.15) is 13.8 Å². The fraction of sp³-hybridized carbons (Fsp3) is 0.385. The smallest absolute Gasteiger partial charge is 0.215 e. The molecule has 0 fully saturated rings. The molecule has 18 heavy (non-hydrogen) atoms. The second-order valence-electron chi connectivity index (χ2n) is 4.10. The molecule has 1 unspecified atom stereocenters. The fourth-order valence-corrected chi connectivity index (χ4v) is 1.73. The zero-order valence-electron chi connectivity index (χ0n) is 10.7. The molecule has 0 amide bonds. The van der Waals surface area contributed by atoms with Gasteiger partial charge in [0.25, 0.3) is 0 Å². The second kappa shape index (κ2) is 6.05. The van der Waals surface area contributed by atoms with Crippen LogP contribution in [0.4, 0.5) is 5.82 Å². The van der Waals surface area contributed by atoms with Gasteiger partial charge in [0.1, 0.15) is 5.82 Å². The summed E-state index contributed by atoms with van der Waals surface area (Å²) in [5.41, 5.74) is 0. The molecule has 2 aromatic rings. The van der Waals surface area contributed by atoms with Gasteiger partial charge in [0.05, 0.1) is 12.9 Å². The van der Waals surface area contributed by atoms with Crippen molar-refractivity contribution in [2.24, 2.45) is 0 Å². The first-order valence-electron chi connectivity index (χ1n) is 6.10. The van der Waals surface area contributed by atoms with Crippen LogP contribution in [0, 0.1) is 0 Å². The van der Waals surface area contributed by atoms with Gasteiger partial charge in [-0.05, 0) is 19.9 Å². The minimum absolute atomic E-state index is 0.267. The minimum atomic E-state index is 0.267. The van der Waals surface area contributed by atoms with Crippen molar-refractivity contribution < 1.29 is 4.74 Å². The summed E-state index contributed by atoms with van der Waals surface area (Å²) in [6, 6.07) is 6.00. The maximum atomic E-state index is 5.37. The number of imidazole rings is 1. The van der Waals surface area contributed by atoms with E-state index in [9.17, 15) is 0 Å². The van der Waals surface area contributed by atoms with Crippen molar-refractivity contribution in [1.82, 2.24) is 14.5 Å². The predicted octanol–water partition coefficient (Wildman–Crippen LogP) is 2.18. The average Bonchev–Trinajstić information content (AvgIpc) is 2.82. The summed E-state index contributed by atoms with van der Waals surface area (Å²) >= 11 is 0. The molecule has 0 spiro atoms. The summed E-state index contributed by atoms with van der Waals surface area (Å²) in [5, 5.41) is 3.34. The van der Waals surface area contributed by atoms with Gasteiger partial charge in [-0.1, -0.05) is 6.07 Å². The number of ether oxygens (including phenoxy) is 1. The summed E-state index contributed by atoms with van der Waals surface area (Å²) in [4.78, 5) is 8.39. The number of pyridine rings is 1. The molecule has 1 atom stereocenters. The predicted molar refractivity (Wildman–Crippen MR) is 70.7 cm³/mol. The van der Waals surface area contributed by atoms with Crippen LogP contribution < -0.4 is 10.1 Å². The molecule has 2 rings (SSSR count). The molecule has 2 aromatic heterocycles. The molecule has 0 aliphatic heterocycles. The first kappa shape index (κ1) is 12.4. The zero-order valence-corrected chi connectivity index (χ0v) is 10.7. The molecule has 2 heterocycles. The number of hydrogen-bond acceptors (Lipinski definition) is 4. The van der Waals surface area contributed by atoms with E-state index in [2.05, 4.69) is 22.2 Å². The van der Waals surface area contributed by atoms with Gasteiger partial charge in [-0.15, -0.1) is 0 Å². The number of rotatable bonds is 6. The molecule has 0 saturated carbocycles. The largest absolute Gasteiger partial charge is 0.478 e.